The highest BCUT2D eigenvalue weighted by molar-refractivity contribution is 7.91. The first-order chi connectivity index (χ1) is 14.9. The maximum absolute atomic E-state index is 13.0. The van der Waals surface area contributed by atoms with Crippen LogP contribution < -0.4 is 5.32 Å². The Kier molecular flexibility index (Phi) is 6.47. The molecular weight excluding hydrogens is 439 g/mol. The van der Waals surface area contributed by atoms with Crippen molar-refractivity contribution < 1.29 is 22.3 Å². The lowest BCUT2D eigenvalue weighted by Gasteiger charge is -2.25. The first-order valence-electron chi connectivity index (χ1n) is 9.74. The zero-order chi connectivity index (χ0) is 21.8. The number of carbonyl (C=O) groups is 1. The quantitative estimate of drug-likeness (QED) is 0.611. The van der Waals surface area contributed by atoms with Crippen molar-refractivity contribution in [3.63, 3.8) is 0 Å². The molecule has 0 bridgehead atoms. The van der Waals surface area contributed by atoms with Gasteiger partial charge in [0.1, 0.15) is 10.0 Å². The van der Waals surface area contributed by atoms with E-state index in [-0.39, 0.29) is 22.5 Å². The highest BCUT2D eigenvalue weighted by Crippen LogP contribution is 2.33. The minimum absolute atomic E-state index is 0.260. The number of sulfonamides is 1. The molecule has 2 heterocycles. The van der Waals surface area contributed by atoms with E-state index in [2.05, 4.69) is 5.32 Å². The molecule has 4 rings (SSSR count). The monoisotopic (exact) mass is 460 g/mol. The second-order valence-electron chi connectivity index (χ2n) is 7.03. The Bertz CT molecular complexity index is 1170. The predicted molar refractivity (Wildman–Crippen MR) is 117 cm³/mol. The Hall–Kier alpha value is -2.59. The second-order valence-corrected chi connectivity index (χ2v) is 10.3. The number of thiophene rings is 1. The average molecular weight is 461 g/mol. The van der Waals surface area contributed by atoms with Gasteiger partial charge >= 0.3 is 0 Å². The van der Waals surface area contributed by atoms with Gasteiger partial charge in [-0.25, -0.2) is 12.8 Å². The molecular formula is C22H21FN2O4S2. The van der Waals surface area contributed by atoms with Gasteiger partial charge in [0.2, 0.25) is 0 Å². The van der Waals surface area contributed by atoms with Crippen molar-refractivity contribution in [1.82, 2.24) is 9.62 Å². The van der Waals surface area contributed by atoms with Crippen LogP contribution >= 0.6 is 11.3 Å². The standard InChI is InChI=1S/C22H21FN2O4S2/c23-19-6-4-16(5-7-19)15-24-22(26)18-3-1-2-17(14-18)20-8-9-21(30-20)31(27,28)25-10-12-29-13-11-25/h1-9,14H,10-13,15H2,(H,24,26). The van der Waals surface area contributed by atoms with Gasteiger partial charge in [-0.2, -0.15) is 4.31 Å². The number of carbonyl (C=O) groups excluding carboxylic acids is 1. The number of nitrogens with zero attached hydrogens (tertiary/aromatic N) is 1. The van der Waals surface area contributed by atoms with Crippen molar-refractivity contribution in [3.05, 3.63) is 77.6 Å². The van der Waals surface area contributed by atoms with Gasteiger partial charge in [-0.3, -0.25) is 4.79 Å². The van der Waals surface area contributed by atoms with Crippen molar-refractivity contribution >= 4 is 27.3 Å². The molecule has 3 aromatic rings. The molecule has 0 atom stereocenters. The van der Waals surface area contributed by atoms with Crippen molar-refractivity contribution in [2.75, 3.05) is 26.3 Å². The zero-order valence-corrected chi connectivity index (χ0v) is 18.2. The second kappa shape index (κ2) is 9.27. The Labute approximate surface area is 184 Å². The number of ether oxygens (including phenoxy) is 1. The third-order valence-electron chi connectivity index (χ3n) is 4.92. The number of amides is 1. The van der Waals surface area contributed by atoms with Gasteiger partial charge in [-0.1, -0.05) is 24.3 Å². The smallest absolute Gasteiger partial charge is 0.252 e. The molecule has 1 aromatic heterocycles. The Balaban J connectivity index is 1.48. The van der Waals surface area contributed by atoms with Crippen LogP contribution in [0.2, 0.25) is 0 Å². The molecule has 31 heavy (non-hydrogen) atoms. The topological polar surface area (TPSA) is 75.7 Å². The number of nitrogens with one attached hydrogen (secondary N) is 1. The highest BCUT2D eigenvalue weighted by Gasteiger charge is 2.27. The first-order valence-corrected chi connectivity index (χ1v) is 12.0. The molecule has 0 radical (unpaired) electrons. The number of benzene rings is 2. The molecule has 9 heteroatoms. The minimum atomic E-state index is -3.55. The van der Waals surface area contributed by atoms with Crippen molar-refractivity contribution in [2.24, 2.45) is 0 Å². The maximum atomic E-state index is 13.0. The van der Waals surface area contributed by atoms with E-state index in [1.54, 1.807) is 42.5 Å². The van der Waals surface area contributed by atoms with Crippen LogP contribution in [0, 0.1) is 5.82 Å². The van der Waals surface area contributed by atoms with Gasteiger partial charge in [0.15, 0.2) is 0 Å². The molecule has 0 aliphatic carbocycles. The van der Waals surface area contributed by atoms with Gasteiger partial charge in [-0.15, -0.1) is 11.3 Å². The fourth-order valence-electron chi connectivity index (χ4n) is 3.23. The van der Waals surface area contributed by atoms with Crippen LogP contribution in [0.3, 0.4) is 0 Å². The van der Waals surface area contributed by atoms with Crippen LogP contribution in [0.1, 0.15) is 15.9 Å². The normalized spacial score (nSPS) is 15.0. The molecule has 162 valence electrons. The van der Waals surface area contributed by atoms with E-state index in [9.17, 15) is 17.6 Å². The van der Waals surface area contributed by atoms with E-state index < -0.39 is 10.0 Å². The van der Waals surface area contributed by atoms with Gasteiger partial charge in [0.25, 0.3) is 15.9 Å². The fraction of sp³-hybridized carbons (Fsp3) is 0.227. The highest BCUT2D eigenvalue weighted by atomic mass is 32.2. The average Bonchev–Trinajstić information content (AvgIpc) is 3.30. The van der Waals surface area contributed by atoms with E-state index in [0.29, 0.717) is 31.9 Å². The van der Waals surface area contributed by atoms with Gasteiger partial charge in [0.05, 0.1) is 13.2 Å². The molecule has 0 saturated carbocycles. The molecule has 1 aliphatic heterocycles. The molecule has 0 unspecified atom stereocenters. The van der Waals surface area contributed by atoms with Crippen LogP contribution in [0.25, 0.3) is 10.4 Å². The van der Waals surface area contributed by atoms with Crippen molar-refractivity contribution in [3.8, 4) is 10.4 Å². The number of halogens is 1. The van der Waals surface area contributed by atoms with E-state index in [0.717, 1.165) is 16.0 Å². The van der Waals surface area contributed by atoms with E-state index in [1.807, 2.05) is 6.07 Å². The summed E-state index contributed by atoms with van der Waals surface area (Å²) < 4.78 is 45.6. The van der Waals surface area contributed by atoms with Gasteiger partial charge in [-0.05, 0) is 47.5 Å². The summed E-state index contributed by atoms with van der Waals surface area (Å²) in [6.45, 7) is 1.77. The molecule has 1 saturated heterocycles. The molecule has 6 nitrogen and oxygen atoms in total. The summed E-state index contributed by atoms with van der Waals surface area (Å²) in [6.07, 6.45) is 0. The molecule has 1 fully saturated rings. The SMILES string of the molecule is O=C(NCc1ccc(F)cc1)c1cccc(-c2ccc(S(=O)(=O)N3CCOCC3)s2)c1. The van der Waals surface area contributed by atoms with Crippen LogP contribution in [0.15, 0.2) is 64.9 Å². The molecule has 0 spiro atoms. The Morgan fingerprint density at radius 3 is 2.55 bits per heavy atom. The van der Waals surface area contributed by atoms with Crippen LogP contribution in [-0.2, 0) is 21.3 Å². The summed E-state index contributed by atoms with van der Waals surface area (Å²) >= 11 is 1.18. The summed E-state index contributed by atoms with van der Waals surface area (Å²) in [5.74, 6) is -0.586. The summed E-state index contributed by atoms with van der Waals surface area (Å²) in [6, 6.07) is 16.3. The molecule has 2 aromatic carbocycles. The fourth-order valence-corrected chi connectivity index (χ4v) is 6.09. The Morgan fingerprint density at radius 1 is 1.06 bits per heavy atom. The summed E-state index contributed by atoms with van der Waals surface area (Å²) in [5, 5.41) is 2.81. The summed E-state index contributed by atoms with van der Waals surface area (Å²) in [4.78, 5) is 13.3. The molecule has 1 amide bonds. The largest absolute Gasteiger partial charge is 0.379 e. The number of hydrogen-bond acceptors (Lipinski definition) is 5. The van der Waals surface area contributed by atoms with Crippen LogP contribution in [0.4, 0.5) is 4.39 Å². The number of hydrogen-bond donors (Lipinski definition) is 1. The minimum Gasteiger partial charge on any atom is -0.379 e. The zero-order valence-electron chi connectivity index (χ0n) is 16.6. The third kappa shape index (κ3) is 5.01. The van der Waals surface area contributed by atoms with Crippen molar-refractivity contribution in [2.45, 2.75) is 10.8 Å². The van der Waals surface area contributed by atoms with E-state index in [1.165, 1.54) is 27.8 Å². The summed E-state index contributed by atoms with van der Waals surface area (Å²) in [5.41, 5.74) is 2.02. The van der Waals surface area contributed by atoms with Gasteiger partial charge < -0.3 is 10.1 Å². The van der Waals surface area contributed by atoms with Crippen LogP contribution in [-0.4, -0.2) is 44.9 Å². The lowest BCUT2D eigenvalue weighted by Crippen LogP contribution is -2.40. The Morgan fingerprint density at radius 2 is 1.81 bits per heavy atom. The lowest BCUT2D eigenvalue weighted by molar-refractivity contribution is 0.0731. The predicted octanol–water partition coefficient (Wildman–Crippen LogP) is 3.51. The van der Waals surface area contributed by atoms with Crippen molar-refractivity contribution in [1.29, 1.82) is 0 Å². The molecule has 1 aliphatic rings. The first kappa shape index (κ1) is 21.6. The van der Waals surface area contributed by atoms with Gasteiger partial charge in [0, 0.05) is 30.1 Å². The lowest BCUT2D eigenvalue weighted by atomic mass is 10.1. The molecule has 1 N–H and O–H groups in total. The summed E-state index contributed by atoms with van der Waals surface area (Å²) in [7, 11) is -3.55. The van der Waals surface area contributed by atoms with Crippen LogP contribution in [0.5, 0.6) is 0 Å². The number of rotatable bonds is 6. The van der Waals surface area contributed by atoms with E-state index >= 15 is 0 Å². The maximum Gasteiger partial charge on any atom is 0.252 e. The van der Waals surface area contributed by atoms with E-state index in [4.69, 9.17) is 4.74 Å². The number of morpholine rings is 1. The third-order valence-corrected chi connectivity index (χ3v) is 8.42.